The first kappa shape index (κ1) is 21.9. The van der Waals surface area contributed by atoms with Gasteiger partial charge in [0.1, 0.15) is 6.61 Å². The standard InChI is InChI=1S/C22H19Cl4NO2/c1-2-28-22-10-14(12-27-20-11-15(23)7-8-19(20)26)6-9-21(22)29-13-16-17(24)4-3-5-18(16)25/h3-11,27H,2,12-13H2,1H3. The van der Waals surface area contributed by atoms with Gasteiger partial charge in [0.2, 0.25) is 0 Å². The summed E-state index contributed by atoms with van der Waals surface area (Å²) in [5.41, 5.74) is 2.51. The lowest BCUT2D eigenvalue weighted by Gasteiger charge is -2.15. The largest absolute Gasteiger partial charge is 0.490 e. The molecule has 3 rings (SSSR count). The lowest BCUT2D eigenvalue weighted by molar-refractivity contribution is 0.269. The average Bonchev–Trinajstić information content (AvgIpc) is 2.69. The fourth-order valence-corrected chi connectivity index (χ4v) is 3.56. The fourth-order valence-electron chi connectivity index (χ4n) is 2.70. The van der Waals surface area contributed by atoms with Gasteiger partial charge in [-0.3, -0.25) is 0 Å². The van der Waals surface area contributed by atoms with Crippen molar-refractivity contribution in [2.75, 3.05) is 11.9 Å². The van der Waals surface area contributed by atoms with E-state index in [1.54, 1.807) is 36.4 Å². The molecule has 1 N–H and O–H groups in total. The zero-order chi connectivity index (χ0) is 20.8. The van der Waals surface area contributed by atoms with Crippen LogP contribution >= 0.6 is 46.4 Å². The molecule has 0 amide bonds. The summed E-state index contributed by atoms with van der Waals surface area (Å²) >= 11 is 24.7. The number of halogens is 4. The second kappa shape index (κ2) is 10.3. The van der Waals surface area contributed by atoms with E-state index in [2.05, 4.69) is 5.32 Å². The van der Waals surface area contributed by atoms with E-state index >= 15 is 0 Å². The molecule has 3 aromatic rings. The second-order valence-corrected chi connectivity index (χ2v) is 7.84. The summed E-state index contributed by atoms with van der Waals surface area (Å²) in [4.78, 5) is 0. The van der Waals surface area contributed by atoms with Crippen molar-refractivity contribution < 1.29 is 9.47 Å². The van der Waals surface area contributed by atoms with Crippen LogP contribution in [0.4, 0.5) is 5.69 Å². The average molecular weight is 471 g/mol. The summed E-state index contributed by atoms with van der Waals surface area (Å²) < 4.78 is 11.7. The smallest absolute Gasteiger partial charge is 0.161 e. The number of anilines is 1. The Morgan fingerprint density at radius 2 is 1.55 bits per heavy atom. The van der Waals surface area contributed by atoms with Gasteiger partial charge >= 0.3 is 0 Å². The number of nitrogens with one attached hydrogen (secondary N) is 1. The van der Waals surface area contributed by atoms with Gasteiger partial charge < -0.3 is 14.8 Å². The molecule has 0 saturated carbocycles. The predicted molar refractivity (Wildman–Crippen MR) is 122 cm³/mol. The van der Waals surface area contributed by atoms with E-state index in [-0.39, 0.29) is 6.61 Å². The number of benzene rings is 3. The topological polar surface area (TPSA) is 30.5 Å². The molecule has 0 bridgehead atoms. The van der Waals surface area contributed by atoms with Crippen molar-refractivity contribution in [3.63, 3.8) is 0 Å². The maximum atomic E-state index is 6.22. The van der Waals surface area contributed by atoms with Crippen LogP contribution in [0.15, 0.2) is 54.6 Å². The molecule has 0 aliphatic heterocycles. The Morgan fingerprint density at radius 1 is 0.793 bits per heavy atom. The number of ether oxygens (including phenoxy) is 2. The molecule has 0 radical (unpaired) electrons. The molecular weight excluding hydrogens is 452 g/mol. The molecule has 0 aliphatic rings. The molecule has 29 heavy (non-hydrogen) atoms. The Morgan fingerprint density at radius 3 is 2.28 bits per heavy atom. The first-order chi connectivity index (χ1) is 14.0. The van der Waals surface area contributed by atoms with Crippen LogP contribution in [0.1, 0.15) is 18.1 Å². The van der Waals surface area contributed by atoms with Gasteiger partial charge in [0, 0.05) is 27.2 Å². The normalized spacial score (nSPS) is 10.7. The first-order valence-corrected chi connectivity index (χ1v) is 10.5. The molecule has 3 aromatic carbocycles. The molecule has 7 heteroatoms. The van der Waals surface area contributed by atoms with Gasteiger partial charge in [-0.2, -0.15) is 0 Å². The van der Waals surface area contributed by atoms with E-state index < -0.39 is 0 Å². The van der Waals surface area contributed by atoms with E-state index in [0.717, 1.165) is 16.8 Å². The summed E-state index contributed by atoms with van der Waals surface area (Å²) in [6, 6.07) is 16.4. The van der Waals surface area contributed by atoms with Crippen molar-refractivity contribution in [1.29, 1.82) is 0 Å². The van der Waals surface area contributed by atoms with Crippen LogP contribution in [0.5, 0.6) is 11.5 Å². The quantitative estimate of drug-likeness (QED) is 0.363. The lowest BCUT2D eigenvalue weighted by Crippen LogP contribution is -2.04. The molecule has 0 atom stereocenters. The molecule has 152 valence electrons. The maximum absolute atomic E-state index is 6.22. The first-order valence-electron chi connectivity index (χ1n) is 8.98. The number of rotatable bonds is 8. The predicted octanol–water partition coefficient (Wildman–Crippen LogP) is 7.89. The van der Waals surface area contributed by atoms with E-state index in [1.807, 2.05) is 25.1 Å². The van der Waals surface area contributed by atoms with Crippen molar-refractivity contribution in [2.24, 2.45) is 0 Å². The van der Waals surface area contributed by atoms with E-state index in [9.17, 15) is 0 Å². The van der Waals surface area contributed by atoms with Crippen molar-refractivity contribution >= 4 is 52.1 Å². The molecule has 0 spiro atoms. The Kier molecular flexibility index (Phi) is 7.79. The van der Waals surface area contributed by atoms with Crippen LogP contribution in [0.3, 0.4) is 0 Å². The van der Waals surface area contributed by atoms with Gasteiger partial charge in [0.25, 0.3) is 0 Å². The van der Waals surface area contributed by atoms with Crippen molar-refractivity contribution in [3.8, 4) is 11.5 Å². The summed E-state index contributed by atoms with van der Waals surface area (Å²) in [5, 5.41) is 5.64. The van der Waals surface area contributed by atoms with E-state index in [0.29, 0.717) is 44.7 Å². The van der Waals surface area contributed by atoms with Gasteiger partial charge in [0.05, 0.1) is 17.3 Å². The summed E-state index contributed by atoms with van der Waals surface area (Å²) in [7, 11) is 0. The molecule has 0 unspecified atom stereocenters. The number of hydrogen-bond donors (Lipinski definition) is 1. The second-order valence-electron chi connectivity index (χ2n) is 6.18. The van der Waals surface area contributed by atoms with Gasteiger partial charge in [-0.15, -0.1) is 0 Å². The van der Waals surface area contributed by atoms with Crippen molar-refractivity contribution in [1.82, 2.24) is 0 Å². The van der Waals surface area contributed by atoms with Gasteiger partial charge in [0.15, 0.2) is 11.5 Å². The van der Waals surface area contributed by atoms with E-state index in [1.165, 1.54) is 0 Å². The van der Waals surface area contributed by atoms with Crippen LogP contribution in [0.25, 0.3) is 0 Å². The Bertz CT molecular complexity index is 974. The highest BCUT2D eigenvalue weighted by Gasteiger charge is 2.11. The van der Waals surface area contributed by atoms with Crippen LogP contribution < -0.4 is 14.8 Å². The highest BCUT2D eigenvalue weighted by molar-refractivity contribution is 6.36. The minimum atomic E-state index is 0.244. The van der Waals surface area contributed by atoms with Crippen LogP contribution in [0, 0.1) is 0 Å². The number of hydrogen-bond acceptors (Lipinski definition) is 3. The Balaban J connectivity index is 1.73. The zero-order valence-corrected chi connectivity index (χ0v) is 18.7. The SMILES string of the molecule is CCOc1cc(CNc2cc(Cl)ccc2Cl)ccc1OCc1c(Cl)cccc1Cl. The van der Waals surface area contributed by atoms with E-state index in [4.69, 9.17) is 55.9 Å². The van der Waals surface area contributed by atoms with Gasteiger partial charge in [-0.25, -0.2) is 0 Å². The minimum absolute atomic E-state index is 0.244. The fraction of sp³-hybridized carbons (Fsp3) is 0.182. The Hall–Kier alpha value is -1.78. The Labute approximate surface area is 190 Å². The lowest BCUT2D eigenvalue weighted by atomic mass is 10.2. The molecular formula is C22H19Cl4NO2. The molecule has 3 nitrogen and oxygen atoms in total. The minimum Gasteiger partial charge on any atom is -0.490 e. The summed E-state index contributed by atoms with van der Waals surface area (Å²) in [6.07, 6.45) is 0. The zero-order valence-electron chi connectivity index (χ0n) is 15.6. The molecule has 0 aromatic heterocycles. The monoisotopic (exact) mass is 469 g/mol. The molecule has 0 saturated heterocycles. The van der Waals surface area contributed by atoms with Crippen molar-refractivity contribution in [3.05, 3.63) is 85.8 Å². The van der Waals surface area contributed by atoms with Crippen LogP contribution in [0.2, 0.25) is 20.1 Å². The molecule has 0 aliphatic carbocycles. The van der Waals surface area contributed by atoms with Gasteiger partial charge in [-0.05, 0) is 55.0 Å². The third kappa shape index (κ3) is 5.86. The third-order valence-electron chi connectivity index (χ3n) is 4.15. The van der Waals surface area contributed by atoms with Crippen LogP contribution in [-0.2, 0) is 13.2 Å². The summed E-state index contributed by atoms with van der Waals surface area (Å²) in [5.74, 6) is 1.26. The van der Waals surface area contributed by atoms with Crippen LogP contribution in [-0.4, -0.2) is 6.61 Å². The third-order valence-corrected chi connectivity index (χ3v) is 5.43. The molecule has 0 heterocycles. The highest BCUT2D eigenvalue weighted by Crippen LogP contribution is 2.32. The highest BCUT2D eigenvalue weighted by atomic mass is 35.5. The summed E-state index contributed by atoms with van der Waals surface area (Å²) in [6.45, 7) is 3.23. The van der Waals surface area contributed by atoms with Gasteiger partial charge in [-0.1, -0.05) is 58.5 Å². The molecule has 0 fully saturated rings. The van der Waals surface area contributed by atoms with Crippen molar-refractivity contribution in [2.45, 2.75) is 20.1 Å². The maximum Gasteiger partial charge on any atom is 0.161 e.